The van der Waals surface area contributed by atoms with Crippen LogP contribution in [-0.2, 0) is 5.41 Å². The smallest absolute Gasteiger partial charge is 0.369 e. The fourth-order valence-electron chi connectivity index (χ4n) is 3.32. The monoisotopic (exact) mass is 418 g/mol. The fraction of sp³-hybridized carbons (Fsp3) is 0.278. The van der Waals surface area contributed by atoms with Gasteiger partial charge in [-0.3, -0.25) is 0 Å². The maximum atomic E-state index is 14.1. The summed E-state index contributed by atoms with van der Waals surface area (Å²) in [5, 5.41) is 9.23. The summed E-state index contributed by atoms with van der Waals surface area (Å²) in [6.07, 6.45) is -4.70. The van der Waals surface area contributed by atoms with Crippen molar-refractivity contribution < 1.29 is 13.2 Å². The molecule has 0 saturated carbocycles. The highest BCUT2D eigenvalue weighted by Gasteiger charge is 2.59. The van der Waals surface area contributed by atoms with Crippen LogP contribution in [0.4, 0.5) is 18.9 Å². The van der Waals surface area contributed by atoms with E-state index < -0.39 is 11.6 Å². The first-order valence-electron chi connectivity index (χ1n) is 7.65. The Morgan fingerprint density at radius 3 is 2.27 bits per heavy atom. The van der Waals surface area contributed by atoms with Crippen molar-refractivity contribution in [1.82, 2.24) is 0 Å². The Morgan fingerprint density at radius 2 is 1.69 bits per heavy atom. The summed E-state index contributed by atoms with van der Waals surface area (Å²) in [4.78, 5) is 1.57. The highest BCUT2D eigenvalue weighted by Crippen LogP contribution is 2.50. The molecule has 1 aliphatic rings. The summed E-state index contributed by atoms with van der Waals surface area (Å²) in [5.41, 5.74) is -1.36. The maximum absolute atomic E-state index is 14.1. The molecule has 3 rings (SSSR count). The van der Waals surface area contributed by atoms with Gasteiger partial charge in [0.05, 0.1) is 26.3 Å². The molecule has 26 heavy (non-hydrogen) atoms. The number of anilines is 1. The molecular weight excluding hydrogens is 408 g/mol. The number of nitriles is 1. The molecule has 1 unspecified atom stereocenters. The van der Waals surface area contributed by atoms with Gasteiger partial charge in [-0.15, -0.1) is 0 Å². The van der Waals surface area contributed by atoms with E-state index in [9.17, 15) is 18.4 Å². The summed E-state index contributed by atoms with van der Waals surface area (Å²) in [6.45, 7) is -0.181. The van der Waals surface area contributed by atoms with Gasteiger partial charge in [0.15, 0.2) is 0 Å². The van der Waals surface area contributed by atoms with Crippen molar-refractivity contribution in [2.24, 2.45) is 0 Å². The van der Waals surface area contributed by atoms with Crippen LogP contribution in [0, 0.1) is 11.3 Å². The van der Waals surface area contributed by atoms with Crippen molar-refractivity contribution in [3.63, 3.8) is 0 Å². The second-order valence-corrected chi connectivity index (χ2v) is 7.33. The topological polar surface area (TPSA) is 27.0 Å². The number of para-hydroxylation sites is 1. The highest BCUT2D eigenvalue weighted by atomic mass is 35.5. The molecular formula is C18H12Cl3F3N2. The standard InChI is InChI=1S/C18H12Cl3F3N2/c19-13-7-12(8-14(20)16(13)21)17(18(22,23)24)5-6-26(10-17)15-4-2-1-3-11(15)9-25/h1-4,7-8H,5-6,10H2. The van der Waals surface area contributed by atoms with Gasteiger partial charge in [-0.2, -0.15) is 18.4 Å². The average Bonchev–Trinajstić information content (AvgIpc) is 3.05. The zero-order valence-electron chi connectivity index (χ0n) is 13.2. The van der Waals surface area contributed by atoms with E-state index in [1.165, 1.54) is 12.1 Å². The quantitative estimate of drug-likeness (QED) is 0.540. The normalized spacial score (nSPS) is 20.3. The number of nitrogens with zero attached hydrogens (tertiary/aromatic N) is 2. The number of alkyl halides is 3. The molecule has 1 heterocycles. The van der Waals surface area contributed by atoms with Gasteiger partial charge in [0.25, 0.3) is 0 Å². The van der Waals surface area contributed by atoms with E-state index in [1.54, 1.807) is 29.2 Å². The number of rotatable bonds is 2. The van der Waals surface area contributed by atoms with Gasteiger partial charge in [-0.1, -0.05) is 46.9 Å². The van der Waals surface area contributed by atoms with Crippen molar-refractivity contribution in [2.75, 3.05) is 18.0 Å². The van der Waals surface area contributed by atoms with Crippen LogP contribution in [0.2, 0.25) is 15.1 Å². The third-order valence-electron chi connectivity index (χ3n) is 4.71. The van der Waals surface area contributed by atoms with Crippen LogP contribution >= 0.6 is 34.8 Å². The minimum Gasteiger partial charge on any atom is -0.369 e. The number of benzene rings is 2. The van der Waals surface area contributed by atoms with E-state index in [0.717, 1.165) is 0 Å². The van der Waals surface area contributed by atoms with Gasteiger partial charge < -0.3 is 4.90 Å². The second kappa shape index (κ2) is 6.84. The molecule has 1 fully saturated rings. The summed E-state index contributed by atoms with van der Waals surface area (Å²) in [7, 11) is 0. The van der Waals surface area contributed by atoms with Crippen molar-refractivity contribution in [3.8, 4) is 6.07 Å². The van der Waals surface area contributed by atoms with E-state index in [1.807, 2.05) is 6.07 Å². The lowest BCUT2D eigenvalue weighted by molar-refractivity contribution is -0.184. The molecule has 0 spiro atoms. The van der Waals surface area contributed by atoms with Crippen LogP contribution in [0.25, 0.3) is 0 Å². The second-order valence-electron chi connectivity index (χ2n) is 6.13. The van der Waals surface area contributed by atoms with Crippen molar-refractivity contribution in [3.05, 3.63) is 62.6 Å². The molecule has 136 valence electrons. The SMILES string of the molecule is N#Cc1ccccc1N1CCC(c2cc(Cl)c(Cl)c(Cl)c2)(C(F)(F)F)C1. The van der Waals surface area contributed by atoms with Gasteiger partial charge in [-0.25, -0.2) is 0 Å². The van der Waals surface area contributed by atoms with E-state index >= 15 is 0 Å². The van der Waals surface area contributed by atoms with Crippen LogP contribution in [0.3, 0.4) is 0 Å². The summed E-state index contributed by atoms with van der Waals surface area (Å²) >= 11 is 17.8. The molecule has 1 aliphatic heterocycles. The molecule has 0 aromatic heterocycles. The van der Waals surface area contributed by atoms with Crippen molar-refractivity contribution in [1.29, 1.82) is 5.26 Å². The Kier molecular flexibility index (Phi) is 5.04. The van der Waals surface area contributed by atoms with Crippen LogP contribution in [0.5, 0.6) is 0 Å². The van der Waals surface area contributed by atoms with Gasteiger partial charge in [0.1, 0.15) is 11.5 Å². The first-order valence-corrected chi connectivity index (χ1v) is 8.79. The fourth-order valence-corrected chi connectivity index (χ4v) is 3.92. The zero-order valence-corrected chi connectivity index (χ0v) is 15.5. The van der Waals surface area contributed by atoms with Gasteiger partial charge >= 0.3 is 6.18 Å². The minimum atomic E-state index is -4.52. The molecule has 1 atom stereocenters. The Bertz CT molecular complexity index is 869. The molecule has 2 nitrogen and oxygen atoms in total. The van der Waals surface area contributed by atoms with Crippen LogP contribution in [0.15, 0.2) is 36.4 Å². The molecule has 0 N–H and O–H groups in total. The minimum absolute atomic E-state index is 0.0198. The van der Waals surface area contributed by atoms with Gasteiger partial charge in [-0.05, 0) is 36.2 Å². The first-order chi connectivity index (χ1) is 12.2. The average molecular weight is 420 g/mol. The predicted octanol–water partition coefficient (Wildman–Crippen LogP) is 6.23. The molecule has 0 bridgehead atoms. The van der Waals surface area contributed by atoms with Crippen LogP contribution in [0.1, 0.15) is 17.5 Å². The lowest BCUT2D eigenvalue weighted by Gasteiger charge is -2.33. The Hall–Kier alpha value is -1.61. The van der Waals surface area contributed by atoms with Crippen molar-refractivity contribution >= 4 is 40.5 Å². The molecule has 2 aromatic carbocycles. The number of hydrogen-bond donors (Lipinski definition) is 0. The zero-order chi connectivity index (χ0) is 19.1. The first kappa shape index (κ1) is 19.2. The molecule has 2 aromatic rings. The molecule has 8 heteroatoms. The van der Waals surface area contributed by atoms with Crippen molar-refractivity contribution in [2.45, 2.75) is 18.0 Å². The maximum Gasteiger partial charge on any atom is 0.400 e. The third kappa shape index (κ3) is 3.11. The Morgan fingerprint density at radius 1 is 1.08 bits per heavy atom. The van der Waals surface area contributed by atoms with E-state index in [2.05, 4.69) is 0 Å². The predicted molar refractivity (Wildman–Crippen MR) is 97.2 cm³/mol. The molecule has 0 aliphatic carbocycles. The van der Waals surface area contributed by atoms with Crippen LogP contribution < -0.4 is 4.90 Å². The Labute approximate surface area is 163 Å². The summed E-state index contributed by atoms with van der Waals surface area (Å²) in [6, 6.07) is 11.1. The Balaban J connectivity index is 2.09. The third-order valence-corrected chi connectivity index (χ3v) is 5.91. The van der Waals surface area contributed by atoms with Crippen LogP contribution in [-0.4, -0.2) is 19.3 Å². The van der Waals surface area contributed by atoms with E-state index in [4.69, 9.17) is 34.8 Å². The van der Waals surface area contributed by atoms with Gasteiger partial charge in [0, 0.05) is 13.1 Å². The van der Waals surface area contributed by atoms with E-state index in [0.29, 0.717) is 11.3 Å². The van der Waals surface area contributed by atoms with E-state index in [-0.39, 0.29) is 40.1 Å². The largest absolute Gasteiger partial charge is 0.400 e. The number of hydrogen-bond acceptors (Lipinski definition) is 2. The lowest BCUT2D eigenvalue weighted by Crippen LogP contribution is -2.45. The highest BCUT2D eigenvalue weighted by molar-refractivity contribution is 6.48. The summed E-state index contributed by atoms with van der Waals surface area (Å²) in [5.74, 6) is 0. The molecule has 0 radical (unpaired) electrons. The molecule has 0 amide bonds. The summed E-state index contributed by atoms with van der Waals surface area (Å²) < 4.78 is 42.4. The lowest BCUT2D eigenvalue weighted by atomic mass is 9.79. The number of halogens is 6. The van der Waals surface area contributed by atoms with Gasteiger partial charge in [0.2, 0.25) is 0 Å². The molecule has 1 saturated heterocycles.